The Balaban J connectivity index is 1.29. The Bertz CT molecular complexity index is 804. The molecule has 1 saturated heterocycles. The van der Waals surface area contributed by atoms with Crippen LogP contribution in [-0.4, -0.2) is 61.1 Å². The Morgan fingerprint density at radius 1 is 1.00 bits per heavy atom. The zero-order valence-electron chi connectivity index (χ0n) is 16.3. The van der Waals surface area contributed by atoms with Gasteiger partial charge >= 0.3 is 0 Å². The van der Waals surface area contributed by atoms with E-state index in [9.17, 15) is 4.79 Å². The summed E-state index contributed by atoms with van der Waals surface area (Å²) in [5.74, 6) is 1.42. The number of fused-ring (bicyclic) bond motifs is 1. The molecule has 1 atom stereocenters. The van der Waals surface area contributed by atoms with Crippen molar-refractivity contribution in [2.24, 2.45) is 0 Å². The van der Waals surface area contributed by atoms with Crippen molar-refractivity contribution in [1.29, 1.82) is 0 Å². The molecule has 1 fully saturated rings. The van der Waals surface area contributed by atoms with E-state index in [2.05, 4.69) is 39.4 Å². The highest BCUT2D eigenvalue weighted by Crippen LogP contribution is 2.32. The van der Waals surface area contributed by atoms with E-state index in [1.807, 2.05) is 31.2 Å². The van der Waals surface area contributed by atoms with Crippen LogP contribution in [0.2, 0.25) is 0 Å². The number of anilines is 1. The molecule has 0 bridgehead atoms. The van der Waals surface area contributed by atoms with Crippen LogP contribution in [0.25, 0.3) is 0 Å². The average Bonchev–Trinajstić information content (AvgIpc) is 2.74. The van der Waals surface area contributed by atoms with Crippen molar-refractivity contribution in [1.82, 2.24) is 9.80 Å². The third kappa shape index (κ3) is 4.46. The fraction of sp³-hybridized carbons (Fsp3) is 0.409. The summed E-state index contributed by atoms with van der Waals surface area (Å²) in [6, 6.07) is 15.9. The molecule has 0 aliphatic carbocycles. The van der Waals surface area contributed by atoms with Crippen LogP contribution in [0.1, 0.15) is 12.5 Å². The molecule has 1 amide bonds. The summed E-state index contributed by atoms with van der Waals surface area (Å²) in [7, 11) is 0. The molecule has 6 nitrogen and oxygen atoms in total. The van der Waals surface area contributed by atoms with E-state index >= 15 is 0 Å². The molecule has 0 radical (unpaired) electrons. The summed E-state index contributed by atoms with van der Waals surface area (Å²) in [4.78, 5) is 17.4. The molecule has 2 heterocycles. The standard InChI is InChI=1S/C22H27N3O3/c1-17(22(26)23-19-7-8-20-21(15-19)28-14-13-27-20)25-11-9-24(10-12-25)16-18-5-3-2-4-6-18/h2-8,15,17H,9-14,16H2,1H3,(H,23,26)/t17-/m0/s1. The molecule has 4 rings (SSSR count). The number of amides is 1. The number of carbonyl (C=O) groups is 1. The minimum atomic E-state index is -0.174. The molecule has 2 aromatic carbocycles. The molecule has 2 aliphatic rings. The lowest BCUT2D eigenvalue weighted by Gasteiger charge is -2.37. The van der Waals surface area contributed by atoms with Crippen LogP contribution in [0.3, 0.4) is 0 Å². The van der Waals surface area contributed by atoms with Gasteiger partial charge in [-0.25, -0.2) is 0 Å². The van der Waals surface area contributed by atoms with Crippen molar-refractivity contribution in [2.75, 3.05) is 44.7 Å². The monoisotopic (exact) mass is 381 g/mol. The predicted octanol–water partition coefficient (Wildman–Crippen LogP) is 2.60. The third-order valence-electron chi connectivity index (χ3n) is 5.39. The Labute approximate surface area is 166 Å². The fourth-order valence-electron chi connectivity index (χ4n) is 3.68. The summed E-state index contributed by atoms with van der Waals surface area (Å²) in [5.41, 5.74) is 2.07. The van der Waals surface area contributed by atoms with Gasteiger partial charge in [0.2, 0.25) is 5.91 Å². The first-order valence-electron chi connectivity index (χ1n) is 9.90. The molecule has 28 heavy (non-hydrogen) atoms. The van der Waals surface area contributed by atoms with Crippen LogP contribution >= 0.6 is 0 Å². The Hall–Kier alpha value is -2.57. The predicted molar refractivity (Wildman–Crippen MR) is 109 cm³/mol. The molecule has 0 saturated carbocycles. The van der Waals surface area contributed by atoms with Gasteiger partial charge in [0.05, 0.1) is 6.04 Å². The second kappa shape index (κ2) is 8.63. The first-order valence-corrected chi connectivity index (χ1v) is 9.90. The summed E-state index contributed by atoms with van der Waals surface area (Å²) in [6.45, 7) is 7.75. The molecule has 148 valence electrons. The second-order valence-corrected chi connectivity index (χ2v) is 7.32. The lowest BCUT2D eigenvalue weighted by atomic mass is 10.1. The Kier molecular flexibility index (Phi) is 5.78. The van der Waals surface area contributed by atoms with Crippen molar-refractivity contribution in [3.63, 3.8) is 0 Å². The lowest BCUT2D eigenvalue weighted by Crippen LogP contribution is -2.52. The number of nitrogens with zero attached hydrogens (tertiary/aromatic N) is 2. The van der Waals surface area contributed by atoms with E-state index in [-0.39, 0.29) is 11.9 Å². The van der Waals surface area contributed by atoms with Crippen molar-refractivity contribution in [2.45, 2.75) is 19.5 Å². The Morgan fingerprint density at radius 2 is 1.71 bits per heavy atom. The molecule has 1 N–H and O–H groups in total. The fourth-order valence-corrected chi connectivity index (χ4v) is 3.68. The highest BCUT2D eigenvalue weighted by molar-refractivity contribution is 5.94. The van der Waals surface area contributed by atoms with E-state index in [0.29, 0.717) is 19.0 Å². The van der Waals surface area contributed by atoms with Gasteiger partial charge in [-0.15, -0.1) is 0 Å². The van der Waals surface area contributed by atoms with E-state index in [4.69, 9.17) is 9.47 Å². The van der Waals surface area contributed by atoms with Gasteiger partial charge in [-0.3, -0.25) is 14.6 Å². The first kappa shape index (κ1) is 18.8. The van der Waals surface area contributed by atoms with E-state index < -0.39 is 0 Å². The van der Waals surface area contributed by atoms with Gasteiger partial charge in [0.1, 0.15) is 13.2 Å². The van der Waals surface area contributed by atoms with E-state index in [1.54, 1.807) is 0 Å². The number of ether oxygens (including phenoxy) is 2. The molecule has 2 aromatic rings. The van der Waals surface area contributed by atoms with Crippen molar-refractivity contribution in [3.8, 4) is 11.5 Å². The molecule has 6 heteroatoms. The van der Waals surface area contributed by atoms with Gasteiger partial charge in [0, 0.05) is 44.5 Å². The molecular weight excluding hydrogens is 354 g/mol. The topological polar surface area (TPSA) is 54.0 Å². The maximum atomic E-state index is 12.7. The number of nitrogens with one attached hydrogen (secondary N) is 1. The SMILES string of the molecule is C[C@@H](C(=O)Nc1ccc2c(c1)OCCO2)N1CCN(Cc2ccccc2)CC1. The molecule has 2 aliphatic heterocycles. The molecule has 0 aromatic heterocycles. The number of carbonyl (C=O) groups excluding carboxylic acids is 1. The largest absolute Gasteiger partial charge is 0.486 e. The number of piperazine rings is 1. The third-order valence-corrected chi connectivity index (χ3v) is 5.39. The minimum Gasteiger partial charge on any atom is -0.486 e. The minimum absolute atomic E-state index is 0.00758. The van der Waals surface area contributed by atoms with Crippen LogP contribution in [0.5, 0.6) is 11.5 Å². The zero-order chi connectivity index (χ0) is 19.3. The van der Waals surface area contributed by atoms with Crippen LogP contribution in [0.4, 0.5) is 5.69 Å². The van der Waals surface area contributed by atoms with Crippen molar-refractivity contribution in [3.05, 3.63) is 54.1 Å². The highest BCUT2D eigenvalue weighted by atomic mass is 16.6. The normalized spacial score (nSPS) is 18.5. The number of hydrogen-bond acceptors (Lipinski definition) is 5. The summed E-state index contributed by atoms with van der Waals surface area (Å²) in [5, 5.41) is 3.01. The summed E-state index contributed by atoms with van der Waals surface area (Å²) < 4.78 is 11.1. The quantitative estimate of drug-likeness (QED) is 0.863. The van der Waals surface area contributed by atoms with Gasteiger partial charge in [0.25, 0.3) is 0 Å². The average molecular weight is 381 g/mol. The second-order valence-electron chi connectivity index (χ2n) is 7.32. The van der Waals surface area contributed by atoms with Gasteiger partial charge in [-0.2, -0.15) is 0 Å². The van der Waals surface area contributed by atoms with Crippen LogP contribution < -0.4 is 14.8 Å². The highest BCUT2D eigenvalue weighted by Gasteiger charge is 2.26. The van der Waals surface area contributed by atoms with Crippen LogP contribution in [0, 0.1) is 0 Å². The maximum Gasteiger partial charge on any atom is 0.241 e. The molecule has 0 unspecified atom stereocenters. The Morgan fingerprint density at radius 3 is 2.46 bits per heavy atom. The van der Waals surface area contributed by atoms with E-state index in [0.717, 1.165) is 44.2 Å². The van der Waals surface area contributed by atoms with Crippen molar-refractivity contribution < 1.29 is 14.3 Å². The summed E-state index contributed by atoms with van der Waals surface area (Å²) >= 11 is 0. The van der Waals surface area contributed by atoms with Gasteiger partial charge in [0.15, 0.2) is 11.5 Å². The summed E-state index contributed by atoms with van der Waals surface area (Å²) in [6.07, 6.45) is 0. The number of rotatable bonds is 5. The van der Waals surface area contributed by atoms with Gasteiger partial charge < -0.3 is 14.8 Å². The van der Waals surface area contributed by atoms with E-state index in [1.165, 1.54) is 5.56 Å². The van der Waals surface area contributed by atoms with Crippen LogP contribution in [0.15, 0.2) is 48.5 Å². The van der Waals surface area contributed by atoms with Crippen molar-refractivity contribution >= 4 is 11.6 Å². The van der Waals surface area contributed by atoms with Gasteiger partial charge in [-0.1, -0.05) is 30.3 Å². The lowest BCUT2D eigenvalue weighted by molar-refractivity contribution is -0.121. The van der Waals surface area contributed by atoms with Gasteiger partial charge in [-0.05, 0) is 24.6 Å². The smallest absolute Gasteiger partial charge is 0.241 e. The zero-order valence-corrected chi connectivity index (χ0v) is 16.3. The number of hydrogen-bond donors (Lipinski definition) is 1. The number of benzene rings is 2. The van der Waals surface area contributed by atoms with Crippen LogP contribution in [-0.2, 0) is 11.3 Å². The molecular formula is C22H27N3O3. The molecule has 0 spiro atoms. The maximum absolute atomic E-state index is 12.7. The first-order chi connectivity index (χ1) is 13.7.